The summed E-state index contributed by atoms with van der Waals surface area (Å²) in [5, 5.41) is 0. The zero-order valence-corrected chi connectivity index (χ0v) is 11.5. The van der Waals surface area contributed by atoms with E-state index in [0.717, 1.165) is 5.92 Å². The predicted octanol–water partition coefficient (Wildman–Crippen LogP) is 4.36. The van der Waals surface area contributed by atoms with Crippen molar-refractivity contribution in [2.24, 2.45) is 23.5 Å². The Kier molecular flexibility index (Phi) is 4.63. The zero-order valence-electron chi connectivity index (χ0n) is 11.5. The lowest BCUT2D eigenvalue weighted by Crippen LogP contribution is -2.42. The third-order valence-electron chi connectivity index (χ3n) is 5.25. The highest BCUT2D eigenvalue weighted by Gasteiger charge is 2.39. The van der Waals surface area contributed by atoms with Gasteiger partial charge in [0.2, 0.25) is 5.92 Å². The molecule has 2 fully saturated rings. The number of nitrogens with two attached hydrogens (primary N) is 1. The van der Waals surface area contributed by atoms with Crippen molar-refractivity contribution in [2.75, 3.05) is 0 Å². The molecule has 0 aromatic rings. The van der Waals surface area contributed by atoms with Crippen molar-refractivity contribution in [3.8, 4) is 0 Å². The third-order valence-corrected chi connectivity index (χ3v) is 5.25. The van der Waals surface area contributed by atoms with Crippen molar-refractivity contribution in [1.82, 2.24) is 0 Å². The maximum Gasteiger partial charge on any atom is 0.248 e. The van der Waals surface area contributed by atoms with E-state index < -0.39 is 5.92 Å². The molecule has 1 nitrogen and oxygen atoms in total. The molecule has 2 rings (SSSR count). The molecule has 2 N–H and O–H groups in total. The first-order valence-electron chi connectivity index (χ1n) is 7.65. The monoisotopic (exact) mass is 259 g/mol. The zero-order chi connectivity index (χ0) is 13.2. The Balaban J connectivity index is 1.85. The lowest BCUT2D eigenvalue weighted by Gasteiger charge is -2.39. The van der Waals surface area contributed by atoms with E-state index in [1.165, 1.54) is 32.1 Å². The fourth-order valence-corrected chi connectivity index (χ4v) is 3.89. The van der Waals surface area contributed by atoms with Crippen LogP contribution >= 0.6 is 0 Å². The molecule has 0 spiro atoms. The van der Waals surface area contributed by atoms with Crippen LogP contribution in [0.4, 0.5) is 8.78 Å². The van der Waals surface area contributed by atoms with Crippen molar-refractivity contribution in [1.29, 1.82) is 0 Å². The molecule has 0 radical (unpaired) electrons. The molecule has 3 atom stereocenters. The van der Waals surface area contributed by atoms with E-state index in [1.807, 2.05) is 0 Å². The molecule has 2 aliphatic carbocycles. The summed E-state index contributed by atoms with van der Waals surface area (Å²) in [6, 6.07) is 0.162. The topological polar surface area (TPSA) is 26.0 Å². The standard InChI is InChI=1S/C15H27F2N/c1-2-11-4-3-5-13(10-11)14(18)12-6-8-15(16,17)9-7-12/h11-14H,2-10,18H2,1H3. The van der Waals surface area contributed by atoms with Gasteiger partial charge in [0.05, 0.1) is 0 Å². The number of hydrogen-bond donors (Lipinski definition) is 1. The van der Waals surface area contributed by atoms with Gasteiger partial charge in [0.15, 0.2) is 0 Å². The summed E-state index contributed by atoms with van der Waals surface area (Å²) in [6.07, 6.45) is 7.65. The second-order valence-corrected chi connectivity index (χ2v) is 6.47. The average molecular weight is 259 g/mol. The van der Waals surface area contributed by atoms with Crippen LogP contribution in [-0.4, -0.2) is 12.0 Å². The van der Waals surface area contributed by atoms with Gasteiger partial charge in [0.25, 0.3) is 0 Å². The molecule has 2 saturated carbocycles. The Hall–Kier alpha value is -0.180. The Morgan fingerprint density at radius 1 is 1.11 bits per heavy atom. The van der Waals surface area contributed by atoms with Gasteiger partial charge in [-0.1, -0.05) is 26.2 Å². The molecule has 0 amide bonds. The maximum absolute atomic E-state index is 13.2. The van der Waals surface area contributed by atoms with Crippen LogP contribution in [0.25, 0.3) is 0 Å². The normalized spacial score (nSPS) is 35.3. The van der Waals surface area contributed by atoms with Crippen LogP contribution in [0.1, 0.15) is 64.7 Å². The third kappa shape index (κ3) is 3.43. The first kappa shape index (κ1) is 14.2. The van der Waals surface area contributed by atoms with Crippen LogP contribution in [0, 0.1) is 17.8 Å². The smallest absolute Gasteiger partial charge is 0.248 e. The van der Waals surface area contributed by atoms with Crippen molar-refractivity contribution < 1.29 is 8.78 Å². The van der Waals surface area contributed by atoms with Crippen LogP contribution in [0.2, 0.25) is 0 Å². The van der Waals surface area contributed by atoms with Gasteiger partial charge in [-0.3, -0.25) is 0 Å². The molecule has 106 valence electrons. The number of rotatable bonds is 3. The molecule has 0 aromatic heterocycles. The minimum Gasteiger partial charge on any atom is -0.327 e. The minimum absolute atomic E-state index is 0.0509. The highest BCUT2D eigenvalue weighted by Crippen LogP contribution is 2.41. The molecular formula is C15H27F2N. The van der Waals surface area contributed by atoms with E-state index in [9.17, 15) is 8.78 Å². The van der Waals surface area contributed by atoms with Crippen molar-refractivity contribution in [2.45, 2.75) is 76.7 Å². The molecular weight excluding hydrogens is 232 g/mol. The van der Waals surface area contributed by atoms with Crippen LogP contribution in [-0.2, 0) is 0 Å². The summed E-state index contributed by atoms with van der Waals surface area (Å²) >= 11 is 0. The van der Waals surface area contributed by atoms with E-state index >= 15 is 0 Å². The molecule has 3 heteroatoms. The molecule has 18 heavy (non-hydrogen) atoms. The van der Waals surface area contributed by atoms with Gasteiger partial charge in [-0.2, -0.15) is 0 Å². The van der Waals surface area contributed by atoms with Crippen molar-refractivity contribution in [3.63, 3.8) is 0 Å². The van der Waals surface area contributed by atoms with Crippen molar-refractivity contribution >= 4 is 0 Å². The number of hydrogen-bond acceptors (Lipinski definition) is 1. The molecule has 0 bridgehead atoms. The highest BCUT2D eigenvalue weighted by molar-refractivity contribution is 4.89. The van der Waals surface area contributed by atoms with Crippen molar-refractivity contribution in [3.05, 3.63) is 0 Å². The van der Waals surface area contributed by atoms with E-state index in [2.05, 4.69) is 6.92 Å². The highest BCUT2D eigenvalue weighted by atomic mass is 19.3. The van der Waals surface area contributed by atoms with Gasteiger partial charge in [0, 0.05) is 18.9 Å². The van der Waals surface area contributed by atoms with Crippen LogP contribution in [0.15, 0.2) is 0 Å². The summed E-state index contributed by atoms with van der Waals surface area (Å²) in [5.41, 5.74) is 6.38. The Bertz CT molecular complexity index is 257. The van der Waals surface area contributed by atoms with Gasteiger partial charge in [0.1, 0.15) is 0 Å². The fourth-order valence-electron chi connectivity index (χ4n) is 3.89. The lowest BCUT2D eigenvalue weighted by molar-refractivity contribution is -0.0513. The van der Waals surface area contributed by atoms with Crippen LogP contribution < -0.4 is 5.73 Å². The summed E-state index contributed by atoms with van der Waals surface area (Å²) in [6.45, 7) is 2.25. The molecule has 0 aliphatic heterocycles. The number of halogens is 2. The Morgan fingerprint density at radius 2 is 1.78 bits per heavy atom. The van der Waals surface area contributed by atoms with Crippen LogP contribution in [0.5, 0.6) is 0 Å². The fraction of sp³-hybridized carbons (Fsp3) is 1.00. The van der Waals surface area contributed by atoms with E-state index in [-0.39, 0.29) is 18.9 Å². The first-order valence-corrected chi connectivity index (χ1v) is 7.65. The predicted molar refractivity (Wildman–Crippen MR) is 70.6 cm³/mol. The molecule has 3 unspecified atom stereocenters. The summed E-state index contributed by atoms with van der Waals surface area (Å²) in [7, 11) is 0. The largest absolute Gasteiger partial charge is 0.327 e. The molecule has 0 saturated heterocycles. The van der Waals surface area contributed by atoms with E-state index in [1.54, 1.807) is 0 Å². The summed E-state index contributed by atoms with van der Waals surface area (Å²) in [4.78, 5) is 0. The van der Waals surface area contributed by atoms with E-state index in [4.69, 9.17) is 5.73 Å². The first-order chi connectivity index (χ1) is 8.52. The SMILES string of the molecule is CCC1CCCC(C(N)C2CCC(F)(F)CC2)C1. The second kappa shape index (κ2) is 5.85. The van der Waals surface area contributed by atoms with Gasteiger partial charge < -0.3 is 5.73 Å². The Labute approximate surface area is 110 Å². The molecule has 2 aliphatic rings. The number of alkyl halides is 2. The van der Waals surface area contributed by atoms with Gasteiger partial charge in [-0.05, 0) is 43.4 Å². The quantitative estimate of drug-likeness (QED) is 0.801. The minimum atomic E-state index is -2.42. The van der Waals surface area contributed by atoms with Gasteiger partial charge in [-0.15, -0.1) is 0 Å². The molecule has 0 heterocycles. The van der Waals surface area contributed by atoms with Gasteiger partial charge in [-0.25, -0.2) is 8.78 Å². The van der Waals surface area contributed by atoms with Gasteiger partial charge >= 0.3 is 0 Å². The van der Waals surface area contributed by atoms with E-state index in [0.29, 0.717) is 24.7 Å². The van der Waals surface area contributed by atoms with Crippen LogP contribution in [0.3, 0.4) is 0 Å². The lowest BCUT2D eigenvalue weighted by atomic mass is 9.70. The second-order valence-electron chi connectivity index (χ2n) is 6.47. The maximum atomic E-state index is 13.2. The summed E-state index contributed by atoms with van der Waals surface area (Å²) in [5.74, 6) is -0.681. The molecule has 0 aromatic carbocycles. The summed E-state index contributed by atoms with van der Waals surface area (Å²) < 4.78 is 26.3. The Morgan fingerprint density at radius 3 is 2.39 bits per heavy atom. The average Bonchev–Trinajstić information content (AvgIpc) is 2.38.